The zero-order valence-electron chi connectivity index (χ0n) is 11.2. The molecule has 17 heavy (non-hydrogen) atoms. The van der Waals surface area contributed by atoms with E-state index < -0.39 is 0 Å². The minimum Gasteiger partial charge on any atom is -0.378 e. The molecule has 1 aliphatic heterocycles. The van der Waals surface area contributed by atoms with Crippen LogP contribution in [-0.2, 0) is 4.74 Å². The van der Waals surface area contributed by atoms with Crippen LogP contribution in [-0.4, -0.2) is 43.3 Å². The number of hydrogen-bond acceptors (Lipinski definition) is 3. The minimum atomic E-state index is 0.495. The van der Waals surface area contributed by atoms with E-state index in [9.17, 15) is 0 Å². The smallest absolute Gasteiger partial charge is 0.0599 e. The number of piperidine rings is 1. The summed E-state index contributed by atoms with van der Waals surface area (Å²) in [5, 5.41) is 0. The number of hydrogen-bond donors (Lipinski definition) is 1. The third-order valence-electron chi connectivity index (χ3n) is 4.23. The van der Waals surface area contributed by atoms with Crippen LogP contribution in [0.25, 0.3) is 0 Å². The van der Waals surface area contributed by atoms with E-state index >= 15 is 0 Å². The van der Waals surface area contributed by atoms with Crippen molar-refractivity contribution in [1.29, 1.82) is 0 Å². The van der Waals surface area contributed by atoms with Gasteiger partial charge in [-0.25, -0.2) is 0 Å². The van der Waals surface area contributed by atoms with E-state index in [2.05, 4.69) is 11.8 Å². The fourth-order valence-electron chi connectivity index (χ4n) is 3.08. The normalized spacial score (nSPS) is 25.1. The molecule has 100 valence electrons. The molecule has 2 rings (SSSR count). The lowest BCUT2D eigenvalue weighted by atomic mass is 10.0. The number of nitrogens with two attached hydrogens (primary N) is 1. The average molecular weight is 240 g/mol. The maximum atomic E-state index is 5.85. The van der Waals surface area contributed by atoms with Crippen LogP contribution in [0.3, 0.4) is 0 Å². The van der Waals surface area contributed by atoms with E-state index in [1.54, 1.807) is 0 Å². The van der Waals surface area contributed by atoms with Gasteiger partial charge < -0.3 is 10.5 Å². The maximum absolute atomic E-state index is 5.85. The Morgan fingerprint density at radius 3 is 2.47 bits per heavy atom. The van der Waals surface area contributed by atoms with Crippen molar-refractivity contribution in [3.63, 3.8) is 0 Å². The Hall–Kier alpha value is -0.120. The molecule has 0 amide bonds. The summed E-state index contributed by atoms with van der Waals surface area (Å²) >= 11 is 0. The second-order valence-electron chi connectivity index (χ2n) is 5.56. The van der Waals surface area contributed by atoms with Gasteiger partial charge >= 0.3 is 0 Å². The Bertz CT molecular complexity index is 210. The highest BCUT2D eigenvalue weighted by molar-refractivity contribution is 4.89. The topological polar surface area (TPSA) is 38.5 Å². The number of likely N-dealkylation sites (tertiary alicyclic amines) is 1. The lowest BCUT2D eigenvalue weighted by Crippen LogP contribution is -2.44. The predicted molar refractivity (Wildman–Crippen MR) is 71.0 cm³/mol. The summed E-state index contributed by atoms with van der Waals surface area (Å²) < 4.78 is 5.85. The van der Waals surface area contributed by atoms with Crippen molar-refractivity contribution in [1.82, 2.24) is 4.90 Å². The minimum absolute atomic E-state index is 0.495. The van der Waals surface area contributed by atoms with Gasteiger partial charge in [0.2, 0.25) is 0 Å². The highest BCUT2D eigenvalue weighted by atomic mass is 16.5. The molecule has 2 aliphatic rings. The third-order valence-corrected chi connectivity index (χ3v) is 4.23. The Kier molecular flexibility index (Phi) is 5.26. The summed E-state index contributed by atoms with van der Waals surface area (Å²) in [6.07, 6.45) is 8.18. The highest BCUT2D eigenvalue weighted by Crippen LogP contribution is 2.37. The largest absolute Gasteiger partial charge is 0.378 e. The Morgan fingerprint density at radius 1 is 1.24 bits per heavy atom. The van der Waals surface area contributed by atoms with E-state index in [1.807, 2.05) is 0 Å². The molecule has 0 aromatic heterocycles. The second kappa shape index (κ2) is 6.72. The van der Waals surface area contributed by atoms with Gasteiger partial charge in [0.1, 0.15) is 0 Å². The number of ether oxygens (including phenoxy) is 1. The van der Waals surface area contributed by atoms with Gasteiger partial charge in [-0.05, 0) is 51.0 Å². The Balaban J connectivity index is 1.66. The van der Waals surface area contributed by atoms with Crippen molar-refractivity contribution in [2.24, 2.45) is 11.7 Å². The van der Waals surface area contributed by atoms with Crippen molar-refractivity contribution >= 4 is 0 Å². The second-order valence-corrected chi connectivity index (χ2v) is 5.56. The molecule has 1 atom stereocenters. The summed E-state index contributed by atoms with van der Waals surface area (Å²) in [6, 6.07) is 0.861. The van der Waals surface area contributed by atoms with Gasteiger partial charge in [0.25, 0.3) is 0 Å². The van der Waals surface area contributed by atoms with Gasteiger partial charge in [-0.2, -0.15) is 0 Å². The summed E-state index contributed by atoms with van der Waals surface area (Å²) in [4.78, 5) is 2.71. The van der Waals surface area contributed by atoms with Crippen molar-refractivity contribution < 1.29 is 4.74 Å². The molecule has 0 spiro atoms. The van der Waals surface area contributed by atoms with Crippen molar-refractivity contribution in [2.45, 2.75) is 57.6 Å². The van der Waals surface area contributed by atoms with E-state index in [1.165, 1.54) is 45.2 Å². The van der Waals surface area contributed by atoms with Crippen LogP contribution in [0, 0.1) is 5.92 Å². The lowest BCUT2D eigenvalue weighted by molar-refractivity contribution is -0.00501. The van der Waals surface area contributed by atoms with Gasteiger partial charge in [0.05, 0.1) is 6.10 Å². The van der Waals surface area contributed by atoms with Crippen LogP contribution in [0.5, 0.6) is 0 Å². The number of rotatable bonds is 7. The van der Waals surface area contributed by atoms with Gasteiger partial charge in [0.15, 0.2) is 0 Å². The van der Waals surface area contributed by atoms with Crippen LogP contribution in [0.1, 0.15) is 45.4 Å². The van der Waals surface area contributed by atoms with Crippen molar-refractivity contribution in [2.75, 3.05) is 26.2 Å². The van der Waals surface area contributed by atoms with Crippen molar-refractivity contribution in [3.05, 3.63) is 0 Å². The molecule has 3 heteroatoms. The molecule has 0 aromatic carbocycles. The summed E-state index contributed by atoms with van der Waals surface area (Å²) in [7, 11) is 0. The highest BCUT2D eigenvalue weighted by Gasteiger charge is 2.35. The first-order chi connectivity index (χ1) is 8.35. The first-order valence-electron chi connectivity index (χ1n) is 7.40. The monoisotopic (exact) mass is 240 g/mol. The summed E-state index contributed by atoms with van der Waals surface area (Å²) in [5.41, 5.74) is 5.48. The molecule has 1 saturated heterocycles. The van der Waals surface area contributed by atoms with Gasteiger partial charge in [-0.3, -0.25) is 4.90 Å². The first-order valence-corrected chi connectivity index (χ1v) is 7.40. The van der Waals surface area contributed by atoms with Crippen LogP contribution < -0.4 is 5.73 Å². The van der Waals surface area contributed by atoms with Crippen LogP contribution >= 0.6 is 0 Å². The molecule has 1 aliphatic carbocycles. The third kappa shape index (κ3) is 3.94. The number of nitrogens with zero attached hydrogens (tertiary/aromatic N) is 1. The zero-order chi connectivity index (χ0) is 12.1. The molecule has 1 heterocycles. The van der Waals surface area contributed by atoms with Crippen LogP contribution in [0.4, 0.5) is 0 Å². The van der Waals surface area contributed by atoms with E-state index in [-0.39, 0.29) is 0 Å². The van der Waals surface area contributed by atoms with Crippen molar-refractivity contribution in [3.8, 4) is 0 Å². The van der Waals surface area contributed by atoms with Gasteiger partial charge in [0, 0.05) is 25.7 Å². The molecule has 3 nitrogen and oxygen atoms in total. The Labute approximate surface area is 106 Å². The average Bonchev–Trinajstić information content (AvgIpc) is 3.17. The standard InChI is InChI=1S/C14H28N2O/c1-2-14(12-4-5-12)16-9-6-13(7-10-16)17-11-3-8-15/h12-14H,2-11,15H2,1H3. The molecule has 2 N–H and O–H groups in total. The quantitative estimate of drug-likeness (QED) is 0.692. The molecule has 0 aromatic rings. The van der Waals surface area contributed by atoms with E-state index in [4.69, 9.17) is 10.5 Å². The molecular formula is C14H28N2O. The molecule has 2 fully saturated rings. The fraction of sp³-hybridized carbons (Fsp3) is 1.00. The summed E-state index contributed by atoms with van der Waals surface area (Å²) in [5.74, 6) is 1.01. The maximum Gasteiger partial charge on any atom is 0.0599 e. The lowest BCUT2D eigenvalue weighted by Gasteiger charge is -2.37. The first kappa shape index (κ1) is 13.3. The van der Waals surface area contributed by atoms with Crippen LogP contribution in [0.2, 0.25) is 0 Å². The van der Waals surface area contributed by atoms with E-state index in [0.29, 0.717) is 6.10 Å². The summed E-state index contributed by atoms with van der Waals surface area (Å²) in [6.45, 7) is 6.41. The fourth-order valence-corrected chi connectivity index (χ4v) is 3.08. The van der Waals surface area contributed by atoms with Gasteiger partial charge in [-0.1, -0.05) is 6.92 Å². The molecule has 0 bridgehead atoms. The SMILES string of the molecule is CCC(C1CC1)N1CCC(OCCCN)CC1. The van der Waals surface area contributed by atoms with E-state index in [0.717, 1.165) is 31.5 Å². The molecule has 0 radical (unpaired) electrons. The van der Waals surface area contributed by atoms with Crippen LogP contribution in [0.15, 0.2) is 0 Å². The molecule has 1 saturated carbocycles. The predicted octanol–water partition coefficient (Wildman–Crippen LogP) is 2.00. The molecular weight excluding hydrogens is 212 g/mol. The Morgan fingerprint density at radius 2 is 1.94 bits per heavy atom. The zero-order valence-corrected chi connectivity index (χ0v) is 11.2. The van der Waals surface area contributed by atoms with Gasteiger partial charge in [-0.15, -0.1) is 0 Å². The molecule has 1 unspecified atom stereocenters.